The molecule has 1 amide bonds. The van der Waals surface area contributed by atoms with Crippen LogP contribution in [0.2, 0.25) is 0 Å². The number of amides is 1. The fraction of sp³-hybridized carbons (Fsp3) is 0.500. The molecule has 4 nitrogen and oxygen atoms in total. The Balaban J connectivity index is 3.40. The van der Waals surface area contributed by atoms with E-state index >= 15 is 0 Å². The highest BCUT2D eigenvalue weighted by Crippen LogP contribution is 2.29. The van der Waals surface area contributed by atoms with Crippen LogP contribution in [0.1, 0.15) is 37.6 Å². The van der Waals surface area contributed by atoms with Crippen LogP contribution in [-0.2, 0) is 9.53 Å². The summed E-state index contributed by atoms with van der Waals surface area (Å²) in [6, 6.07) is 2.39. The number of hydrogen-bond donors (Lipinski definition) is 0. The van der Waals surface area contributed by atoms with Gasteiger partial charge in [-0.05, 0) is 45.4 Å². The molecule has 1 aromatic carbocycles. The zero-order valence-corrected chi connectivity index (χ0v) is 13.9. The van der Waals surface area contributed by atoms with Gasteiger partial charge in [0.25, 0.3) is 0 Å². The predicted molar refractivity (Wildman–Crippen MR) is 80.6 cm³/mol. The second-order valence-corrected chi connectivity index (χ2v) is 6.16. The van der Waals surface area contributed by atoms with Gasteiger partial charge < -0.3 is 9.64 Å². The number of esters is 1. The molecule has 25 heavy (non-hydrogen) atoms. The molecular formula is C16H18F5NO3. The van der Waals surface area contributed by atoms with Gasteiger partial charge in [0, 0.05) is 6.54 Å². The number of alkyl halides is 4. The maximum absolute atomic E-state index is 13.5. The largest absolute Gasteiger partial charge is 0.471 e. The molecule has 0 unspecified atom stereocenters. The van der Waals surface area contributed by atoms with E-state index in [0.717, 1.165) is 12.1 Å². The lowest BCUT2D eigenvalue weighted by molar-refractivity contribution is -0.170. The smallest absolute Gasteiger partial charge is 0.456 e. The topological polar surface area (TPSA) is 46.6 Å². The van der Waals surface area contributed by atoms with Gasteiger partial charge in [0.1, 0.15) is 11.4 Å². The van der Waals surface area contributed by atoms with E-state index in [4.69, 9.17) is 4.74 Å². The van der Waals surface area contributed by atoms with Crippen LogP contribution < -0.4 is 4.90 Å². The Bertz CT molecular complexity index is 638. The zero-order valence-electron chi connectivity index (χ0n) is 13.9. The third kappa shape index (κ3) is 5.99. The Hall–Kier alpha value is -2.19. The molecule has 0 atom stereocenters. The van der Waals surface area contributed by atoms with Crippen LogP contribution in [-0.4, -0.2) is 36.9 Å². The van der Waals surface area contributed by atoms with Crippen molar-refractivity contribution in [2.75, 3.05) is 18.1 Å². The highest BCUT2D eigenvalue weighted by atomic mass is 19.4. The van der Waals surface area contributed by atoms with Crippen LogP contribution in [0, 0.1) is 5.82 Å². The van der Waals surface area contributed by atoms with Gasteiger partial charge in [0.05, 0.1) is 17.9 Å². The third-order valence-electron chi connectivity index (χ3n) is 2.87. The average molecular weight is 367 g/mol. The summed E-state index contributed by atoms with van der Waals surface area (Å²) in [4.78, 5) is 24.0. The van der Waals surface area contributed by atoms with Crippen molar-refractivity contribution in [3.8, 4) is 0 Å². The first-order valence-electron chi connectivity index (χ1n) is 7.34. The lowest BCUT2D eigenvalue weighted by Gasteiger charge is -2.26. The molecule has 0 saturated carbocycles. The molecule has 0 aliphatic heterocycles. The van der Waals surface area contributed by atoms with Gasteiger partial charge in [-0.25, -0.2) is 9.18 Å². The molecule has 1 aromatic rings. The first-order valence-corrected chi connectivity index (χ1v) is 7.34. The van der Waals surface area contributed by atoms with E-state index in [1.807, 2.05) is 0 Å². The molecule has 0 aliphatic carbocycles. The lowest BCUT2D eigenvalue weighted by atomic mass is 10.1. The fourth-order valence-electron chi connectivity index (χ4n) is 1.94. The number of ether oxygens (including phenoxy) is 1. The van der Waals surface area contributed by atoms with Crippen LogP contribution in [0.3, 0.4) is 0 Å². The molecule has 0 bridgehead atoms. The summed E-state index contributed by atoms with van der Waals surface area (Å²) >= 11 is 0. The van der Waals surface area contributed by atoms with Gasteiger partial charge >= 0.3 is 18.1 Å². The normalized spacial score (nSPS) is 12.0. The minimum absolute atomic E-state index is 0.141. The zero-order chi connectivity index (χ0) is 19.4. The van der Waals surface area contributed by atoms with Crippen molar-refractivity contribution in [2.24, 2.45) is 0 Å². The van der Waals surface area contributed by atoms with Crippen LogP contribution in [0.5, 0.6) is 0 Å². The maximum Gasteiger partial charge on any atom is 0.471 e. The lowest BCUT2D eigenvalue weighted by Crippen LogP contribution is -2.43. The first-order chi connectivity index (χ1) is 11.4. The van der Waals surface area contributed by atoms with E-state index in [1.54, 1.807) is 0 Å². The number of carbonyl (C=O) groups is 2. The SMILES string of the molecule is CC(C)(C)OC(=O)c1ccc(F)cc1N(CCCF)C(=O)C(F)(F)F. The third-order valence-corrected chi connectivity index (χ3v) is 2.87. The van der Waals surface area contributed by atoms with Crippen molar-refractivity contribution in [1.82, 2.24) is 0 Å². The number of rotatable bonds is 5. The fourth-order valence-corrected chi connectivity index (χ4v) is 1.94. The van der Waals surface area contributed by atoms with Crippen LogP contribution >= 0.6 is 0 Å². The van der Waals surface area contributed by atoms with Gasteiger partial charge in [0.2, 0.25) is 0 Å². The minimum Gasteiger partial charge on any atom is -0.456 e. The van der Waals surface area contributed by atoms with E-state index in [-0.39, 0.29) is 4.90 Å². The molecule has 0 radical (unpaired) electrons. The van der Waals surface area contributed by atoms with Gasteiger partial charge in [-0.2, -0.15) is 13.2 Å². The average Bonchev–Trinajstić information content (AvgIpc) is 2.44. The molecule has 0 saturated heterocycles. The summed E-state index contributed by atoms with van der Waals surface area (Å²) in [5.74, 6) is -4.30. The molecule has 0 aliphatic rings. The summed E-state index contributed by atoms with van der Waals surface area (Å²) in [5, 5.41) is 0. The van der Waals surface area contributed by atoms with Crippen LogP contribution in [0.15, 0.2) is 18.2 Å². The molecule has 0 spiro atoms. The molecule has 0 N–H and O–H groups in total. The summed E-state index contributed by atoms with van der Waals surface area (Å²) in [5.41, 5.74) is -2.00. The van der Waals surface area contributed by atoms with E-state index in [2.05, 4.69) is 0 Å². The molecule has 1 rings (SSSR count). The highest BCUT2D eigenvalue weighted by Gasteiger charge is 2.44. The first kappa shape index (κ1) is 20.9. The Morgan fingerprint density at radius 2 is 1.76 bits per heavy atom. The summed E-state index contributed by atoms with van der Waals surface area (Å²) < 4.78 is 69.5. The summed E-state index contributed by atoms with van der Waals surface area (Å²) in [6.07, 6.45) is -5.68. The van der Waals surface area contributed by atoms with Crippen molar-refractivity contribution >= 4 is 17.6 Å². The Labute approximate surface area is 141 Å². The number of hydrogen-bond acceptors (Lipinski definition) is 3. The monoisotopic (exact) mass is 367 g/mol. The van der Waals surface area contributed by atoms with Gasteiger partial charge in [0.15, 0.2) is 0 Å². The Morgan fingerprint density at radius 1 is 1.16 bits per heavy atom. The number of halogens is 5. The van der Waals surface area contributed by atoms with Gasteiger partial charge in [-0.1, -0.05) is 0 Å². The quantitative estimate of drug-likeness (QED) is 0.583. The van der Waals surface area contributed by atoms with E-state index in [9.17, 15) is 31.5 Å². The predicted octanol–water partition coefficient (Wildman–Crippen LogP) is 4.04. The molecule has 9 heteroatoms. The number of nitrogens with zero attached hydrogens (tertiary/aromatic N) is 1. The molecular weight excluding hydrogens is 349 g/mol. The number of carbonyl (C=O) groups excluding carboxylic acids is 2. The van der Waals surface area contributed by atoms with Crippen LogP contribution in [0.25, 0.3) is 0 Å². The number of benzene rings is 1. The molecule has 0 fully saturated rings. The van der Waals surface area contributed by atoms with Crippen molar-refractivity contribution in [3.63, 3.8) is 0 Å². The van der Waals surface area contributed by atoms with Gasteiger partial charge in [-0.15, -0.1) is 0 Å². The Kier molecular flexibility index (Phi) is 6.50. The van der Waals surface area contributed by atoms with E-state index in [1.165, 1.54) is 20.8 Å². The second kappa shape index (κ2) is 7.79. The number of anilines is 1. The van der Waals surface area contributed by atoms with Crippen molar-refractivity contribution in [2.45, 2.75) is 39.0 Å². The second-order valence-electron chi connectivity index (χ2n) is 6.16. The van der Waals surface area contributed by atoms with Crippen molar-refractivity contribution in [3.05, 3.63) is 29.6 Å². The summed E-state index contributed by atoms with van der Waals surface area (Å²) in [7, 11) is 0. The molecule has 140 valence electrons. The maximum atomic E-state index is 13.5. The van der Waals surface area contributed by atoms with Crippen molar-refractivity contribution in [1.29, 1.82) is 0 Å². The minimum atomic E-state index is -5.27. The van der Waals surface area contributed by atoms with E-state index < -0.39 is 60.4 Å². The molecule has 0 heterocycles. The van der Waals surface area contributed by atoms with E-state index in [0.29, 0.717) is 6.07 Å². The van der Waals surface area contributed by atoms with Gasteiger partial charge in [-0.3, -0.25) is 9.18 Å². The standard InChI is InChI=1S/C16H18F5NO3/c1-15(2,3)25-13(23)11-6-5-10(18)9-12(11)22(8-4-7-17)14(24)16(19,20)21/h5-6,9H,4,7-8H2,1-3H3. The molecule has 0 aromatic heterocycles. The van der Waals surface area contributed by atoms with Crippen LogP contribution in [0.4, 0.5) is 27.6 Å². The highest BCUT2D eigenvalue weighted by molar-refractivity contribution is 6.04. The summed E-state index contributed by atoms with van der Waals surface area (Å²) in [6.45, 7) is 2.95. The van der Waals surface area contributed by atoms with Crippen molar-refractivity contribution < 1.29 is 36.3 Å². The Morgan fingerprint density at radius 3 is 2.24 bits per heavy atom.